The third kappa shape index (κ3) is 2.46. The molecule has 0 saturated carbocycles. The number of nitrogen functional groups attached to an aromatic ring is 1. The Balaban J connectivity index is 2.63. The minimum absolute atomic E-state index is 0.256. The van der Waals surface area contributed by atoms with E-state index in [-0.39, 0.29) is 6.10 Å². The van der Waals surface area contributed by atoms with Crippen molar-refractivity contribution in [3.63, 3.8) is 0 Å². The highest BCUT2D eigenvalue weighted by Crippen LogP contribution is 2.16. The monoisotopic (exact) mass is 165 g/mol. The molecule has 0 aromatic heterocycles. The Bertz CT molecular complexity index is 247. The van der Waals surface area contributed by atoms with E-state index in [1.807, 2.05) is 31.2 Å². The first-order valence-corrected chi connectivity index (χ1v) is 4.24. The zero-order valence-corrected chi connectivity index (χ0v) is 7.58. The van der Waals surface area contributed by atoms with Crippen LogP contribution >= 0.6 is 0 Å². The smallest absolute Gasteiger partial charge is 0.121 e. The predicted octanol–water partition coefficient (Wildman–Crippen LogP) is 2.45. The van der Waals surface area contributed by atoms with Crippen LogP contribution in [-0.2, 0) is 0 Å². The van der Waals surface area contributed by atoms with E-state index in [0.29, 0.717) is 0 Å². The summed E-state index contributed by atoms with van der Waals surface area (Å²) in [6, 6.07) is 7.51. The molecule has 0 fully saturated rings. The zero-order valence-electron chi connectivity index (χ0n) is 7.58. The van der Waals surface area contributed by atoms with E-state index in [9.17, 15) is 0 Å². The molecule has 0 radical (unpaired) electrons. The van der Waals surface area contributed by atoms with Crippen LogP contribution in [0.2, 0.25) is 0 Å². The van der Waals surface area contributed by atoms with Crippen LogP contribution in [0.1, 0.15) is 20.3 Å². The highest BCUT2D eigenvalue weighted by atomic mass is 16.5. The molecule has 1 aromatic rings. The standard InChI is InChI=1S/C10H15NO/c1-3-8(2)12-10-6-4-5-9(11)7-10/h4-8H,3,11H2,1-2H3/t8-/m1/s1. The summed E-state index contributed by atoms with van der Waals surface area (Å²) in [5.74, 6) is 0.851. The van der Waals surface area contributed by atoms with Crippen LogP contribution in [0.5, 0.6) is 5.75 Å². The minimum atomic E-state index is 0.256. The molecule has 0 bridgehead atoms. The Labute approximate surface area is 73.3 Å². The van der Waals surface area contributed by atoms with Gasteiger partial charge in [0, 0.05) is 11.8 Å². The molecule has 0 aliphatic rings. The molecule has 2 N–H and O–H groups in total. The lowest BCUT2D eigenvalue weighted by atomic mass is 10.3. The van der Waals surface area contributed by atoms with Crippen molar-refractivity contribution in [3.05, 3.63) is 24.3 Å². The molecular formula is C10H15NO. The fourth-order valence-corrected chi connectivity index (χ4v) is 0.903. The van der Waals surface area contributed by atoms with Gasteiger partial charge in [-0.05, 0) is 25.5 Å². The van der Waals surface area contributed by atoms with Gasteiger partial charge in [-0.3, -0.25) is 0 Å². The second kappa shape index (κ2) is 4.00. The molecule has 0 saturated heterocycles. The van der Waals surface area contributed by atoms with E-state index in [1.54, 1.807) is 0 Å². The van der Waals surface area contributed by atoms with E-state index < -0.39 is 0 Å². The largest absolute Gasteiger partial charge is 0.491 e. The summed E-state index contributed by atoms with van der Waals surface area (Å²) in [5.41, 5.74) is 6.34. The number of anilines is 1. The van der Waals surface area contributed by atoms with Gasteiger partial charge in [-0.1, -0.05) is 13.0 Å². The lowest BCUT2D eigenvalue weighted by Gasteiger charge is -2.12. The minimum Gasteiger partial charge on any atom is -0.491 e. The first kappa shape index (κ1) is 8.91. The van der Waals surface area contributed by atoms with Crippen molar-refractivity contribution < 1.29 is 4.74 Å². The van der Waals surface area contributed by atoms with E-state index in [1.165, 1.54) is 0 Å². The average Bonchev–Trinajstić information content (AvgIpc) is 2.04. The van der Waals surface area contributed by atoms with Crippen molar-refractivity contribution in [1.29, 1.82) is 0 Å². The second-order valence-corrected chi connectivity index (χ2v) is 2.91. The highest BCUT2D eigenvalue weighted by Gasteiger charge is 1.99. The Kier molecular flexibility index (Phi) is 2.97. The quantitative estimate of drug-likeness (QED) is 0.698. The van der Waals surface area contributed by atoms with Gasteiger partial charge in [0.05, 0.1) is 6.10 Å². The lowest BCUT2D eigenvalue weighted by molar-refractivity contribution is 0.217. The topological polar surface area (TPSA) is 35.2 Å². The third-order valence-electron chi connectivity index (χ3n) is 1.77. The number of hydrogen-bond donors (Lipinski definition) is 1. The van der Waals surface area contributed by atoms with E-state index >= 15 is 0 Å². The van der Waals surface area contributed by atoms with Crippen LogP contribution in [0.25, 0.3) is 0 Å². The van der Waals surface area contributed by atoms with Crippen LogP contribution in [0, 0.1) is 0 Å². The number of hydrogen-bond acceptors (Lipinski definition) is 2. The first-order valence-electron chi connectivity index (χ1n) is 4.24. The van der Waals surface area contributed by atoms with Crippen molar-refractivity contribution in [2.45, 2.75) is 26.4 Å². The molecule has 0 spiro atoms. The second-order valence-electron chi connectivity index (χ2n) is 2.91. The number of benzene rings is 1. The maximum absolute atomic E-state index is 5.60. The highest BCUT2D eigenvalue weighted by molar-refractivity contribution is 5.43. The molecule has 0 unspecified atom stereocenters. The molecule has 0 heterocycles. The fraction of sp³-hybridized carbons (Fsp3) is 0.400. The zero-order chi connectivity index (χ0) is 8.97. The maximum atomic E-state index is 5.60. The van der Waals surface area contributed by atoms with Crippen molar-refractivity contribution in [1.82, 2.24) is 0 Å². The fourth-order valence-electron chi connectivity index (χ4n) is 0.903. The predicted molar refractivity (Wildman–Crippen MR) is 51.2 cm³/mol. The molecule has 12 heavy (non-hydrogen) atoms. The maximum Gasteiger partial charge on any atom is 0.121 e. The molecule has 66 valence electrons. The average molecular weight is 165 g/mol. The normalized spacial score (nSPS) is 12.5. The molecule has 2 nitrogen and oxygen atoms in total. The van der Waals surface area contributed by atoms with E-state index in [4.69, 9.17) is 10.5 Å². The Morgan fingerprint density at radius 1 is 1.50 bits per heavy atom. The number of nitrogens with two attached hydrogens (primary N) is 1. The van der Waals surface area contributed by atoms with Gasteiger partial charge in [-0.2, -0.15) is 0 Å². The summed E-state index contributed by atoms with van der Waals surface area (Å²) in [7, 11) is 0. The van der Waals surface area contributed by atoms with Gasteiger partial charge in [0.15, 0.2) is 0 Å². The van der Waals surface area contributed by atoms with Crippen molar-refractivity contribution in [2.75, 3.05) is 5.73 Å². The Morgan fingerprint density at radius 3 is 2.83 bits per heavy atom. The summed E-state index contributed by atoms with van der Waals surface area (Å²) in [6.45, 7) is 4.14. The summed E-state index contributed by atoms with van der Waals surface area (Å²) in [4.78, 5) is 0. The summed E-state index contributed by atoms with van der Waals surface area (Å²) in [5, 5.41) is 0. The van der Waals surface area contributed by atoms with E-state index in [0.717, 1.165) is 17.9 Å². The van der Waals surface area contributed by atoms with Crippen molar-refractivity contribution >= 4 is 5.69 Å². The van der Waals surface area contributed by atoms with Gasteiger partial charge in [0.1, 0.15) is 5.75 Å². The van der Waals surface area contributed by atoms with Crippen LogP contribution in [0.15, 0.2) is 24.3 Å². The Hall–Kier alpha value is -1.18. The van der Waals surface area contributed by atoms with Crippen LogP contribution < -0.4 is 10.5 Å². The molecule has 0 amide bonds. The molecule has 0 aliphatic heterocycles. The van der Waals surface area contributed by atoms with Gasteiger partial charge >= 0.3 is 0 Å². The van der Waals surface area contributed by atoms with Gasteiger partial charge in [-0.25, -0.2) is 0 Å². The molecule has 0 aliphatic carbocycles. The SMILES string of the molecule is CC[C@@H](C)Oc1cccc(N)c1. The van der Waals surface area contributed by atoms with Gasteiger partial charge in [-0.15, -0.1) is 0 Å². The third-order valence-corrected chi connectivity index (χ3v) is 1.77. The van der Waals surface area contributed by atoms with Crippen LogP contribution in [0.4, 0.5) is 5.69 Å². The molecular weight excluding hydrogens is 150 g/mol. The first-order chi connectivity index (χ1) is 5.72. The van der Waals surface area contributed by atoms with Crippen LogP contribution in [0.3, 0.4) is 0 Å². The number of rotatable bonds is 3. The summed E-state index contributed by atoms with van der Waals surface area (Å²) < 4.78 is 5.56. The summed E-state index contributed by atoms with van der Waals surface area (Å²) >= 11 is 0. The molecule has 1 aromatic carbocycles. The van der Waals surface area contributed by atoms with E-state index in [2.05, 4.69) is 6.92 Å². The van der Waals surface area contributed by atoms with Gasteiger partial charge in [0.25, 0.3) is 0 Å². The number of ether oxygens (including phenoxy) is 1. The lowest BCUT2D eigenvalue weighted by Crippen LogP contribution is -2.09. The molecule has 2 heteroatoms. The van der Waals surface area contributed by atoms with Gasteiger partial charge < -0.3 is 10.5 Å². The van der Waals surface area contributed by atoms with Crippen molar-refractivity contribution in [2.24, 2.45) is 0 Å². The molecule has 1 rings (SSSR count). The summed E-state index contributed by atoms with van der Waals surface area (Å²) in [6.07, 6.45) is 1.27. The van der Waals surface area contributed by atoms with Gasteiger partial charge in [0.2, 0.25) is 0 Å². The molecule has 1 atom stereocenters. The van der Waals surface area contributed by atoms with Crippen LogP contribution in [-0.4, -0.2) is 6.10 Å². The van der Waals surface area contributed by atoms with Crippen molar-refractivity contribution in [3.8, 4) is 5.75 Å². The Morgan fingerprint density at radius 2 is 2.25 bits per heavy atom.